The molecule has 0 bridgehead atoms. The van der Waals surface area contributed by atoms with Crippen LogP contribution in [0.5, 0.6) is 0 Å². The molecule has 2 fully saturated rings. The fourth-order valence-corrected chi connectivity index (χ4v) is 2.40. The van der Waals surface area contributed by atoms with Crippen molar-refractivity contribution in [2.45, 2.75) is 38.1 Å². The number of piperidine rings is 2. The van der Waals surface area contributed by atoms with Gasteiger partial charge in [-0.25, -0.2) is 0 Å². The number of nitrogens with one attached hydrogen (secondary N) is 2. The molecule has 1 amide bonds. The van der Waals surface area contributed by atoms with Crippen molar-refractivity contribution in [3.05, 3.63) is 0 Å². The summed E-state index contributed by atoms with van der Waals surface area (Å²) in [7, 11) is 0. The molecule has 2 heterocycles. The van der Waals surface area contributed by atoms with Crippen LogP contribution in [0.15, 0.2) is 0 Å². The van der Waals surface area contributed by atoms with Gasteiger partial charge in [0.05, 0.1) is 5.92 Å². The first-order valence-corrected chi connectivity index (χ1v) is 5.39. The molecule has 3 nitrogen and oxygen atoms in total. The van der Waals surface area contributed by atoms with Crippen LogP contribution in [0.1, 0.15) is 32.1 Å². The van der Waals surface area contributed by atoms with Gasteiger partial charge in [-0.15, -0.1) is 0 Å². The van der Waals surface area contributed by atoms with Crippen molar-refractivity contribution in [3.63, 3.8) is 0 Å². The lowest BCUT2D eigenvalue weighted by atomic mass is 9.86. The zero-order valence-electron chi connectivity index (χ0n) is 8.01. The molecule has 2 atom stereocenters. The molecule has 2 aliphatic heterocycles. The molecule has 3 heteroatoms. The van der Waals surface area contributed by atoms with Crippen LogP contribution in [0.3, 0.4) is 0 Å². The van der Waals surface area contributed by atoms with Crippen molar-refractivity contribution in [1.82, 2.24) is 10.6 Å². The normalized spacial score (nSPS) is 35.5. The Kier molecular flexibility index (Phi) is 2.83. The van der Waals surface area contributed by atoms with Crippen molar-refractivity contribution < 1.29 is 4.79 Å². The fourth-order valence-electron chi connectivity index (χ4n) is 2.40. The molecule has 0 aromatic carbocycles. The number of rotatable bonds is 1. The molecule has 0 radical (unpaired) electrons. The first kappa shape index (κ1) is 9.00. The maximum atomic E-state index is 11.5. The van der Waals surface area contributed by atoms with Crippen molar-refractivity contribution >= 4 is 5.91 Å². The van der Waals surface area contributed by atoms with E-state index in [-0.39, 0.29) is 11.8 Å². The standard InChI is InChI=1S/C10H18N2O/c13-10-8(4-3-7-12-10)9-5-1-2-6-11-9/h8-9,11H,1-7H2,(H,12,13)/t8-,9?/m0/s1. The summed E-state index contributed by atoms with van der Waals surface area (Å²) < 4.78 is 0. The van der Waals surface area contributed by atoms with Gasteiger partial charge >= 0.3 is 0 Å². The molecular weight excluding hydrogens is 164 g/mol. The number of hydrogen-bond donors (Lipinski definition) is 2. The number of hydrogen-bond acceptors (Lipinski definition) is 2. The number of carbonyl (C=O) groups excluding carboxylic acids is 1. The highest BCUT2D eigenvalue weighted by Gasteiger charge is 2.30. The third-order valence-electron chi connectivity index (χ3n) is 3.16. The lowest BCUT2D eigenvalue weighted by molar-refractivity contribution is -0.127. The van der Waals surface area contributed by atoms with Gasteiger partial charge in [-0.2, -0.15) is 0 Å². The highest BCUT2D eigenvalue weighted by atomic mass is 16.2. The molecule has 0 aromatic heterocycles. The quantitative estimate of drug-likeness (QED) is 0.625. The SMILES string of the molecule is O=C1NCCC[C@H]1C1CCCCN1. The van der Waals surface area contributed by atoms with E-state index in [0.717, 1.165) is 25.9 Å². The molecular formula is C10H18N2O. The molecule has 74 valence electrons. The van der Waals surface area contributed by atoms with Crippen molar-refractivity contribution in [3.8, 4) is 0 Å². The summed E-state index contributed by atoms with van der Waals surface area (Å²) in [6, 6.07) is 0.453. The molecule has 2 saturated heterocycles. The molecule has 0 aromatic rings. The molecule has 0 spiro atoms. The van der Waals surface area contributed by atoms with Crippen LogP contribution in [0, 0.1) is 5.92 Å². The van der Waals surface area contributed by atoms with Gasteiger partial charge in [-0.3, -0.25) is 4.79 Å². The molecule has 0 saturated carbocycles. The highest BCUT2D eigenvalue weighted by Crippen LogP contribution is 2.21. The van der Waals surface area contributed by atoms with Crippen LogP contribution >= 0.6 is 0 Å². The third kappa shape index (κ3) is 2.02. The minimum Gasteiger partial charge on any atom is -0.356 e. The van der Waals surface area contributed by atoms with Gasteiger partial charge in [0.15, 0.2) is 0 Å². The first-order chi connectivity index (χ1) is 6.38. The Labute approximate surface area is 79.3 Å². The molecule has 2 rings (SSSR count). The van der Waals surface area contributed by atoms with Gasteiger partial charge in [-0.05, 0) is 32.2 Å². The van der Waals surface area contributed by atoms with Gasteiger partial charge in [0.1, 0.15) is 0 Å². The number of carbonyl (C=O) groups is 1. The lowest BCUT2D eigenvalue weighted by Crippen LogP contribution is -2.49. The Balaban J connectivity index is 1.92. The average Bonchev–Trinajstić information content (AvgIpc) is 2.20. The largest absolute Gasteiger partial charge is 0.356 e. The van der Waals surface area contributed by atoms with Gasteiger partial charge in [0, 0.05) is 12.6 Å². The minimum absolute atomic E-state index is 0.244. The molecule has 2 N–H and O–H groups in total. The predicted octanol–water partition coefficient (Wildman–Crippen LogP) is 0.655. The predicted molar refractivity (Wildman–Crippen MR) is 51.4 cm³/mol. The van der Waals surface area contributed by atoms with Crippen LogP contribution in [0.2, 0.25) is 0 Å². The van der Waals surface area contributed by atoms with E-state index in [2.05, 4.69) is 10.6 Å². The molecule has 0 aliphatic carbocycles. The summed E-state index contributed by atoms with van der Waals surface area (Å²) in [4.78, 5) is 11.5. The van der Waals surface area contributed by atoms with Gasteiger partial charge in [0.2, 0.25) is 5.91 Å². The summed E-state index contributed by atoms with van der Waals surface area (Å²) >= 11 is 0. The summed E-state index contributed by atoms with van der Waals surface area (Å²) in [6.07, 6.45) is 5.95. The minimum atomic E-state index is 0.244. The van der Waals surface area contributed by atoms with Gasteiger partial charge in [0.25, 0.3) is 0 Å². The summed E-state index contributed by atoms with van der Waals surface area (Å²) in [5, 5.41) is 6.41. The Morgan fingerprint density at radius 2 is 2.00 bits per heavy atom. The Bertz CT molecular complexity index is 187. The second kappa shape index (κ2) is 4.09. The Morgan fingerprint density at radius 3 is 2.69 bits per heavy atom. The van der Waals surface area contributed by atoms with Crippen LogP contribution < -0.4 is 10.6 Å². The lowest BCUT2D eigenvalue weighted by Gasteiger charge is -2.32. The summed E-state index contributed by atoms with van der Waals surface area (Å²) in [5.74, 6) is 0.514. The Hall–Kier alpha value is -0.570. The van der Waals surface area contributed by atoms with E-state index in [9.17, 15) is 4.79 Å². The first-order valence-electron chi connectivity index (χ1n) is 5.39. The zero-order chi connectivity index (χ0) is 9.10. The van der Waals surface area contributed by atoms with Crippen LogP contribution in [0.25, 0.3) is 0 Å². The van der Waals surface area contributed by atoms with E-state index >= 15 is 0 Å². The molecule has 2 aliphatic rings. The average molecular weight is 182 g/mol. The van der Waals surface area contributed by atoms with Crippen LogP contribution in [-0.4, -0.2) is 25.0 Å². The zero-order valence-corrected chi connectivity index (χ0v) is 8.01. The summed E-state index contributed by atoms with van der Waals surface area (Å²) in [6.45, 7) is 1.97. The summed E-state index contributed by atoms with van der Waals surface area (Å²) in [5.41, 5.74) is 0. The highest BCUT2D eigenvalue weighted by molar-refractivity contribution is 5.80. The van der Waals surface area contributed by atoms with E-state index in [1.54, 1.807) is 0 Å². The second-order valence-corrected chi connectivity index (χ2v) is 4.10. The fraction of sp³-hybridized carbons (Fsp3) is 0.900. The van der Waals surface area contributed by atoms with Gasteiger partial charge < -0.3 is 10.6 Å². The molecule has 13 heavy (non-hydrogen) atoms. The smallest absolute Gasteiger partial charge is 0.224 e. The van der Waals surface area contributed by atoms with E-state index in [4.69, 9.17) is 0 Å². The van der Waals surface area contributed by atoms with E-state index in [1.165, 1.54) is 19.3 Å². The van der Waals surface area contributed by atoms with Crippen LogP contribution in [-0.2, 0) is 4.79 Å². The van der Waals surface area contributed by atoms with Crippen molar-refractivity contribution in [2.75, 3.05) is 13.1 Å². The van der Waals surface area contributed by atoms with Crippen molar-refractivity contribution in [1.29, 1.82) is 0 Å². The maximum absolute atomic E-state index is 11.5. The maximum Gasteiger partial charge on any atom is 0.224 e. The third-order valence-corrected chi connectivity index (χ3v) is 3.16. The van der Waals surface area contributed by atoms with E-state index in [1.807, 2.05) is 0 Å². The molecule has 1 unspecified atom stereocenters. The monoisotopic (exact) mass is 182 g/mol. The second-order valence-electron chi connectivity index (χ2n) is 4.10. The number of amides is 1. The van der Waals surface area contributed by atoms with E-state index < -0.39 is 0 Å². The topological polar surface area (TPSA) is 41.1 Å². The van der Waals surface area contributed by atoms with Crippen molar-refractivity contribution in [2.24, 2.45) is 5.92 Å². The van der Waals surface area contributed by atoms with E-state index in [0.29, 0.717) is 6.04 Å². The van der Waals surface area contributed by atoms with Gasteiger partial charge in [-0.1, -0.05) is 6.42 Å². The Morgan fingerprint density at radius 1 is 1.08 bits per heavy atom. The van der Waals surface area contributed by atoms with Crippen LogP contribution in [0.4, 0.5) is 0 Å².